The summed E-state index contributed by atoms with van der Waals surface area (Å²) in [4.78, 5) is 46.7. The minimum Gasteiger partial charge on any atom is -0.467 e. The first-order chi connectivity index (χ1) is 10.0. The van der Waals surface area contributed by atoms with Crippen molar-refractivity contribution in [1.29, 1.82) is 0 Å². The van der Waals surface area contributed by atoms with Crippen LogP contribution in [0.4, 0.5) is 0 Å². The zero-order valence-corrected chi connectivity index (χ0v) is 12.0. The van der Waals surface area contributed by atoms with Gasteiger partial charge in [-0.3, -0.25) is 14.4 Å². The number of ether oxygens (including phenoxy) is 1. The van der Waals surface area contributed by atoms with E-state index in [1.807, 2.05) is 0 Å². The maximum atomic E-state index is 12.1. The predicted molar refractivity (Wildman–Crippen MR) is 72.1 cm³/mol. The number of carbonyl (C=O) groups excluding carboxylic acids is 4. The monoisotopic (exact) mass is 296 g/mol. The maximum absolute atomic E-state index is 12.1. The Morgan fingerprint density at radius 3 is 2.62 bits per heavy atom. The van der Waals surface area contributed by atoms with Gasteiger partial charge in [0.1, 0.15) is 17.9 Å². The van der Waals surface area contributed by atoms with Crippen LogP contribution in [0.3, 0.4) is 0 Å². The molecule has 1 saturated carbocycles. The number of amides is 2. The van der Waals surface area contributed by atoms with Crippen molar-refractivity contribution in [2.45, 2.75) is 50.6 Å². The molecule has 2 amide bonds. The molecule has 1 heterocycles. The summed E-state index contributed by atoms with van der Waals surface area (Å²) in [5.74, 6) is -1.25. The Morgan fingerprint density at radius 1 is 1.29 bits per heavy atom. The number of rotatable bonds is 4. The summed E-state index contributed by atoms with van der Waals surface area (Å²) < 4.78 is 4.73. The molecule has 0 aromatic carbocycles. The van der Waals surface area contributed by atoms with Crippen LogP contribution in [-0.4, -0.2) is 42.8 Å². The standard InChI is InChI=1S/C14H20N2O5/c1-21-14(20)12(8-3-2-4-9(17)7-8)16-13(19)10-5-6-11(18)15-10/h8,10,12H,2-7H2,1H3,(H,15,18)(H,16,19)/t8-,10+,12-/m0/s1. The van der Waals surface area contributed by atoms with Crippen LogP contribution in [0, 0.1) is 5.92 Å². The molecule has 0 spiro atoms. The van der Waals surface area contributed by atoms with Gasteiger partial charge in [0.05, 0.1) is 7.11 Å². The number of esters is 1. The Kier molecular flexibility index (Phi) is 4.93. The lowest BCUT2D eigenvalue weighted by Gasteiger charge is -2.29. The first-order valence-corrected chi connectivity index (χ1v) is 7.20. The van der Waals surface area contributed by atoms with Crippen LogP contribution >= 0.6 is 0 Å². The fourth-order valence-corrected chi connectivity index (χ4v) is 2.90. The van der Waals surface area contributed by atoms with Gasteiger partial charge in [-0.1, -0.05) is 0 Å². The lowest BCUT2D eigenvalue weighted by molar-refractivity contribution is -0.147. The van der Waals surface area contributed by atoms with E-state index in [-0.39, 0.29) is 24.0 Å². The first kappa shape index (κ1) is 15.5. The molecule has 1 aliphatic carbocycles. The molecule has 2 N–H and O–H groups in total. The molecule has 0 unspecified atom stereocenters. The molecule has 0 radical (unpaired) electrons. The van der Waals surface area contributed by atoms with Crippen molar-refractivity contribution in [1.82, 2.24) is 10.6 Å². The summed E-state index contributed by atoms with van der Waals surface area (Å²) >= 11 is 0. The number of methoxy groups -OCH3 is 1. The lowest BCUT2D eigenvalue weighted by atomic mass is 9.83. The average Bonchev–Trinajstić information content (AvgIpc) is 2.90. The Bertz CT molecular complexity index is 462. The van der Waals surface area contributed by atoms with Crippen LogP contribution in [0.1, 0.15) is 38.5 Å². The minimum absolute atomic E-state index is 0.101. The van der Waals surface area contributed by atoms with Crippen molar-refractivity contribution in [3.8, 4) is 0 Å². The van der Waals surface area contributed by atoms with Crippen molar-refractivity contribution in [2.24, 2.45) is 5.92 Å². The van der Waals surface area contributed by atoms with E-state index >= 15 is 0 Å². The molecule has 7 nitrogen and oxygen atoms in total. The first-order valence-electron chi connectivity index (χ1n) is 7.20. The highest BCUT2D eigenvalue weighted by Gasteiger charge is 2.36. The van der Waals surface area contributed by atoms with E-state index in [4.69, 9.17) is 4.74 Å². The van der Waals surface area contributed by atoms with Gasteiger partial charge in [0.2, 0.25) is 11.8 Å². The normalized spacial score (nSPS) is 26.9. The number of hydrogen-bond donors (Lipinski definition) is 2. The number of carbonyl (C=O) groups is 4. The summed E-state index contributed by atoms with van der Waals surface area (Å²) in [5.41, 5.74) is 0. The predicted octanol–water partition coefficient (Wildman–Crippen LogP) is -0.318. The second-order valence-corrected chi connectivity index (χ2v) is 5.56. The van der Waals surface area contributed by atoms with Gasteiger partial charge < -0.3 is 15.4 Å². The quantitative estimate of drug-likeness (QED) is 0.692. The van der Waals surface area contributed by atoms with Crippen molar-refractivity contribution in [2.75, 3.05) is 7.11 Å². The largest absolute Gasteiger partial charge is 0.467 e. The van der Waals surface area contributed by atoms with E-state index in [0.29, 0.717) is 32.1 Å². The Labute approximate surface area is 122 Å². The number of hydrogen-bond acceptors (Lipinski definition) is 5. The third-order valence-electron chi connectivity index (χ3n) is 4.06. The Hall–Kier alpha value is -1.92. The van der Waals surface area contributed by atoms with E-state index in [2.05, 4.69) is 10.6 Å². The highest BCUT2D eigenvalue weighted by atomic mass is 16.5. The Balaban J connectivity index is 2.02. The molecule has 0 aromatic rings. The summed E-state index contributed by atoms with van der Waals surface area (Å²) in [6.07, 6.45) is 2.94. The molecule has 21 heavy (non-hydrogen) atoms. The van der Waals surface area contributed by atoms with E-state index < -0.39 is 24.0 Å². The maximum Gasteiger partial charge on any atom is 0.328 e. The van der Waals surface area contributed by atoms with Gasteiger partial charge in [-0.05, 0) is 25.2 Å². The van der Waals surface area contributed by atoms with Crippen molar-refractivity contribution in [3.63, 3.8) is 0 Å². The van der Waals surface area contributed by atoms with Gasteiger partial charge in [0.15, 0.2) is 0 Å². The second kappa shape index (κ2) is 6.69. The van der Waals surface area contributed by atoms with Crippen LogP contribution < -0.4 is 10.6 Å². The van der Waals surface area contributed by atoms with Crippen molar-refractivity contribution < 1.29 is 23.9 Å². The van der Waals surface area contributed by atoms with Gasteiger partial charge in [0.25, 0.3) is 0 Å². The smallest absolute Gasteiger partial charge is 0.328 e. The third-order valence-corrected chi connectivity index (χ3v) is 4.06. The van der Waals surface area contributed by atoms with Gasteiger partial charge >= 0.3 is 5.97 Å². The molecule has 116 valence electrons. The fraction of sp³-hybridized carbons (Fsp3) is 0.714. The third kappa shape index (κ3) is 3.80. The van der Waals surface area contributed by atoms with E-state index in [1.54, 1.807) is 0 Å². The van der Waals surface area contributed by atoms with E-state index in [1.165, 1.54) is 7.11 Å². The van der Waals surface area contributed by atoms with Crippen LogP contribution in [0.2, 0.25) is 0 Å². The van der Waals surface area contributed by atoms with E-state index in [9.17, 15) is 19.2 Å². The molecule has 7 heteroatoms. The molecule has 3 atom stereocenters. The minimum atomic E-state index is -0.829. The number of nitrogens with one attached hydrogen (secondary N) is 2. The molecule has 2 aliphatic rings. The van der Waals surface area contributed by atoms with Gasteiger partial charge in [-0.25, -0.2) is 4.79 Å². The number of ketones is 1. The highest BCUT2D eigenvalue weighted by Crippen LogP contribution is 2.25. The van der Waals surface area contributed by atoms with Gasteiger partial charge in [-0.15, -0.1) is 0 Å². The van der Waals surface area contributed by atoms with Gasteiger partial charge in [-0.2, -0.15) is 0 Å². The molecular formula is C14H20N2O5. The second-order valence-electron chi connectivity index (χ2n) is 5.56. The zero-order chi connectivity index (χ0) is 15.4. The SMILES string of the molecule is COC(=O)[C@@H](NC(=O)[C@H]1CCC(=O)N1)[C@H]1CCCC(=O)C1. The summed E-state index contributed by atoms with van der Waals surface area (Å²) in [7, 11) is 1.25. The molecular weight excluding hydrogens is 276 g/mol. The fourth-order valence-electron chi connectivity index (χ4n) is 2.90. The zero-order valence-electron chi connectivity index (χ0n) is 12.0. The molecule has 1 saturated heterocycles. The number of Topliss-reactive ketones (excluding diaryl/α,β-unsaturated/α-hetero) is 1. The summed E-state index contributed by atoms with van der Waals surface area (Å²) in [6, 6.07) is -1.44. The van der Waals surface area contributed by atoms with Crippen LogP contribution in [-0.2, 0) is 23.9 Å². The average molecular weight is 296 g/mol. The van der Waals surface area contributed by atoms with E-state index in [0.717, 1.165) is 0 Å². The molecule has 2 fully saturated rings. The molecule has 0 aromatic heterocycles. The summed E-state index contributed by atoms with van der Waals surface area (Å²) in [6.45, 7) is 0. The molecule has 0 bridgehead atoms. The topological polar surface area (TPSA) is 102 Å². The summed E-state index contributed by atoms with van der Waals surface area (Å²) in [5, 5.41) is 5.20. The van der Waals surface area contributed by atoms with Crippen LogP contribution in [0.15, 0.2) is 0 Å². The lowest BCUT2D eigenvalue weighted by Crippen LogP contribution is -2.52. The van der Waals surface area contributed by atoms with Crippen LogP contribution in [0.5, 0.6) is 0 Å². The molecule has 1 aliphatic heterocycles. The van der Waals surface area contributed by atoms with Crippen LogP contribution in [0.25, 0.3) is 0 Å². The molecule has 2 rings (SSSR count). The van der Waals surface area contributed by atoms with Crippen molar-refractivity contribution in [3.05, 3.63) is 0 Å². The Morgan fingerprint density at radius 2 is 2.05 bits per heavy atom. The van der Waals surface area contributed by atoms with Crippen molar-refractivity contribution >= 4 is 23.6 Å². The van der Waals surface area contributed by atoms with Gasteiger partial charge in [0, 0.05) is 19.3 Å². The highest BCUT2D eigenvalue weighted by molar-refractivity contribution is 5.93.